The number of hydrogen-bond acceptors (Lipinski definition) is 7. The van der Waals surface area contributed by atoms with Crippen LogP contribution in [0.25, 0.3) is 0 Å². The Kier molecular flexibility index (Phi) is 5.56. The first-order valence-electron chi connectivity index (χ1n) is 7.19. The van der Waals surface area contributed by atoms with Crippen molar-refractivity contribution in [2.75, 3.05) is 24.4 Å². The molecule has 0 aromatic rings. The van der Waals surface area contributed by atoms with Gasteiger partial charge in [0.05, 0.1) is 11.9 Å². The second-order valence-corrected chi connectivity index (χ2v) is 8.97. The van der Waals surface area contributed by atoms with E-state index in [0.29, 0.717) is 23.6 Å². The molecule has 0 radical (unpaired) electrons. The molecule has 2 aliphatic rings. The highest BCUT2D eigenvalue weighted by atomic mass is 32.2. The third-order valence-electron chi connectivity index (χ3n) is 3.64. The molecule has 0 spiro atoms. The average molecular weight is 377 g/mol. The number of thioether (sulfide) groups is 1. The second-order valence-electron chi connectivity index (χ2n) is 5.64. The van der Waals surface area contributed by atoms with E-state index >= 15 is 0 Å². The average Bonchev–Trinajstić information content (AvgIpc) is 2.77. The number of carbonyl (C=O) groups excluding carboxylic acids is 2. The molecular weight excluding hydrogens is 358 g/mol. The van der Waals surface area contributed by atoms with Gasteiger partial charge in [-0.15, -0.1) is 11.8 Å². The van der Waals surface area contributed by atoms with Crippen LogP contribution in [0.15, 0.2) is 10.6 Å². The number of fused-ring (bicyclic) bond motifs is 1. The predicted molar refractivity (Wildman–Crippen MR) is 87.7 cm³/mol. The number of carboxylic acid groups (broad SMARTS) is 1. The molecule has 1 fully saturated rings. The number of aliphatic carboxylic acids is 1. The highest BCUT2D eigenvalue weighted by molar-refractivity contribution is 8.03. The summed E-state index contributed by atoms with van der Waals surface area (Å²) >= 11 is 1.28. The lowest BCUT2D eigenvalue weighted by Crippen LogP contribution is -2.68. The molecule has 0 unspecified atom stereocenters. The van der Waals surface area contributed by atoms with Gasteiger partial charge < -0.3 is 10.4 Å². The van der Waals surface area contributed by atoms with Crippen LogP contribution in [0.2, 0.25) is 0 Å². The zero-order valence-corrected chi connectivity index (χ0v) is 14.9. The fourth-order valence-corrected chi connectivity index (χ4v) is 4.21. The van der Waals surface area contributed by atoms with E-state index in [4.69, 9.17) is 0 Å². The summed E-state index contributed by atoms with van der Waals surface area (Å²) < 4.78 is 22.4. The number of nitrogens with zero attached hydrogens (tertiary/aromatic N) is 1. The molecule has 1 saturated heterocycles. The lowest BCUT2D eigenvalue weighted by molar-refractivity contribution is -0.150. The standard InChI is InChI=1S/C13H19N3O6S2/c1-7(17)14-3-4-23-9-5-8-10(15-6-24(2,21)22)12(18)16(8)11(9)13(19)20/h8,10,15H,3-6H2,1-2H3,(H,14,17)(H,19,20)/t8-,10-/m1/s1. The fourth-order valence-electron chi connectivity index (χ4n) is 2.67. The minimum absolute atomic E-state index is 0.0461. The van der Waals surface area contributed by atoms with Crippen LogP contribution in [0.4, 0.5) is 0 Å². The van der Waals surface area contributed by atoms with Crippen LogP contribution in [-0.2, 0) is 24.2 Å². The van der Waals surface area contributed by atoms with E-state index in [0.717, 1.165) is 6.26 Å². The summed E-state index contributed by atoms with van der Waals surface area (Å²) in [7, 11) is -3.27. The van der Waals surface area contributed by atoms with E-state index in [2.05, 4.69) is 10.6 Å². The number of nitrogens with one attached hydrogen (secondary N) is 2. The lowest BCUT2D eigenvalue weighted by atomic mass is 9.96. The summed E-state index contributed by atoms with van der Waals surface area (Å²) in [5.74, 6) is -1.63. The zero-order valence-electron chi connectivity index (χ0n) is 13.2. The Hall–Kier alpha value is -1.59. The number of sulfone groups is 1. The van der Waals surface area contributed by atoms with Crippen molar-refractivity contribution in [1.29, 1.82) is 0 Å². The maximum atomic E-state index is 12.1. The number of hydrogen-bond donors (Lipinski definition) is 3. The first-order chi connectivity index (χ1) is 11.1. The van der Waals surface area contributed by atoms with E-state index in [1.165, 1.54) is 23.6 Å². The van der Waals surface area contributed by atoms with Crippen LogP contribution in [0.5, 0.6) is 0 Å². The molecular formula is C13H19N3O6S2. The zero-order chi connectivity index (χ0) is 18.1. The summed E-state index contributed by atoms with van der Waals surface area (Å²) in [5.41, 5.74) is -0.0461. The first-order valence-corrected chi connectivity index (χ1v) is 10.2. The lowest BCUT2D eigenvalue weighted by Gasteiger charge is -2.43. The molecule has 2 aliphatic heterocycles. The Balaban J connectivity index is 2.01. The molecule has 134 valence electrons. The number of amides is 2. The van der Waals surface area contributed by atoms with Crippen molar-refractivity contribution in [3.63, 3.8) is 0 Å². The van der Waals surface area contributed by atoms with Gasteiger partial charge in [0.1, 0.15) is 11.7 Å². The number of carbonyl (C=O) groups is 3. The van der Waals surface area contributed by atoms with Crippen LogP contribution in [0, 0.1) is 0 Å². The van der Waals surface area contributed by atoms with Crippen LogP contribution in [0.3, 0.4) is 0 Å². The molecule has 9 nitrogen and oxygen atoms in total. The fraction of sp³-hybridized carbons (Fsp3) is 0.615. The van der Waals surface area contributed by atoms with Gasteiger partial charge in [-0.3, -0.25) is 19.8 Å². The molecule has 2 amide bonds. The summed E-state index contributed by atoms with van der Waals surface area (Å²) in [5, 5.41) is 14.7. The van der Waals surface area contributed by atoms with E-state index in [9.17, 15) is 27.9 Å². The van der Waals surface area contributed by atoms with Gasteiger partial charge in [0.2, 0.25) is 11.8 Å². The van der Waals surface area contributed by atoms with Gasteiger partial charge in [-0.1, -0.05) is 0 Å². The molecule has 0 aromatic carbocycles. The molecule has 0 aliphatic carbocycles. The van der Waals surface area contributed by atoms with Gasteiger partial charge in [-0.05, 0) is 0 Å². The van der Waals surface area contributed by atoms with Crippen molar-refractivity contribution in [1.82, 2.24) is 15.5 Å². The third kappa shape index (κ3) is 4.08. The minimum atomic E-state index is -3.27. The Bertz CT molecular complexity index is 702. The summed E-state index contributed by atoms with van der Waals surface area (Å²) in [6, 6.07) is -1.07. The highest BCUT2D eigenvalue weighted by Crippen LogP contribution is 2.43. The van der Waals surface area contributed by atoms with E-state index in [1.807, 2.05) is 0 Å². The van der Waals surface area contributed by atoms with Crippen molar-refractivity contribution < 1.29 is 27.9 Å². The Morgan fingerprint density at radius 1 is 1.42 bits per heavy atom. The third-order valence-corrected chi connectivity index (χ3v) is 5.45. The molecule has 11 heteroatoms. The first kappa shape index (κ1) is 18.7. The number of β-lactam (4-membered cyclic amide) rings is 1. The van der Waals surface area contributed by atoms with Crippen molar-refractivity contribution in [2.45, 2.75) is 25.4 Å². The predicted octanol–water partition coefficient (Wildman–Crippen LogP) is -1.27. The smallest absolute Gasteiger partial charge is 0.353 e. The summed E-state index contributed by atoms with van der Waals surface area (Å²) in [6.07, 6.45) is 1.42. The Morgan fingerprint density at radius 2 is 2.08 bits per heavy atom. The van der Waals surface area contributed by atoms with Crippen LogP contribution in [-0.4, -0.2) is 72.7 Å². The van der Waals surface area contributed by atoms with Crippen LogP contribution < -0.4 is 10.6 Å². The SMILES string of the molecule is CC(=O)NCCSC1=C(C(=O)O)N2C(=O)[C@H](NCS(C)(=O)=O)[C@H]2C1. The van der Waals surface area contributed by atoms with E-state index in [-0.39, 0.29) is 23.5 Å². The molecule has 3 N–H and O–H groups in total. The van der Waals surface area contributed by atoms with Crippen molar-refractivity contribution in [3.05, 3.63) is 10.6 Å². The van der Waals surface area contributed by atoms with Crippen molar-refractivity contribution >= 4 is 39.4 Å². The normalized spacial score (nSPS) is 23.1. The van der Waals surface area contributed by atoms with Gasteiger partial charge in [0, 0.05) is 36.8 Å². The maximum Gasteiger partial charge on any atom is 0.353 e. The molecule has 0 bridgehead atoms. The summed E-state index contributed by atoms with van der Waals surface area (Å²) in [6.45, 7) is 1.79. The largest absolute Gasteiger partial charge is 0.477 e. The van der Waals surface area contributed by atoms with Gasteiger partial charge >= 0.3 is 5.97 Å². The van der Waals surface area contributed by atoms with Crippen LogP contribution in [0.1, 0.15) is 13.3 Å². The number of carboxylic acids is 1. The van der Waals surface area contributed by atoms with E-state index < -0.39 is 27.8 Å². The second kappa shape index (κ2) is 7.11. The Morgan fingerprint density at radius 3 is 2.62 bits per heavy atom. The van der Waals surface area contributed by atoms with Crippen LogP contribution >= 0.6 is 11.8 Å². The highest BCUT2D eigenvalue weighted by Gasteiger charge is 2.55. The quantitative estimate of drug-likeness (QED) is 0.352. The van der Waals surface area contributed by atoms with E-state index in [1.54, 1.807) is 0 Å². The van der Waals surface area contributed by atoms with Gasteiger partial charge in [-0.25, -0.2) is 13.2 Å². The van der Waals surface area contributed by atoms with Crippen molar-refractivity contribution in [2.24, 2.45) is 0 Å². The van der Waals surface area contributed by atoms with Gasteiger partial charge in [-0.2, -0.15) is 0 Å². The molecule has 24 heavy (non-hydrogen) atoms. The summed E-state index contributed by atoms with van der Waals surface area (Å²) in [4.78, 5) is 36.2. The molecule has 0 aromatic heterocycles. The molecule has 2 atom stereocenters. The van der Waals surface area contributed by atoms with Crippen molar-refractivity contribution in [3.8, 4) is 0 Å². The molecule has 2 heterocycles. The van der Waals surface area contributed by atoms with Gasteiger partial charge in [0.15, 0.2) is 9.84 Å². The molecule has 0 saturated carbocycles. The number of rotatable bonds is 8. The molecule has 2 rings (SSSR count). The minimum Gasteiger partial charge on any atom is -0.477 e. The monoisotopic (exact) mass is 377 g/mol. The topological polar surface area (TPSA) is 133 Å². The van der Waals surface area contributed by atoms with Gasteiger partial charge in [0.25, 0.3) is 0 Å². The maximum absolute atomic E-state index is 12.1. The Labute approximate surface area is 143 Å².